The average molecular weight is 255 g/mol. The number of rotatable bonds is 7. The van der Waals surface area contributed by atoms with Gasteiger partial charge in [0.15, 0.2) is 0 Å². The summed E-state index contributed by atoms with van der Waals surface area (Å²) in [5.41, 5.74) is 5.79. The van der Waals surface area contributed by atoms with Crippen molar-refractivity contribution in [1.82, 2.24) is 10.2 Å². The molecule has 1 rings (SSSR count). The molecule has 4 heteroatoms. The first-order chi connectivity index (χ1) is 8.54. The standard InChI is InChI=1S/C14H29N3O/c1-4-12(15)9-14(18)16-10-13(11(2)3)17-7-5-6-8-17/h11-13H,4-10,15H2,1-3H3,(H,16,18). The Kier molecular flexibility index (Phi) is 6.65. The fourth-order valence-electron chi connectivity index (χ4n) is 2.53. The Morgan fingerprint density at radius 3 is 2.44 bits per heavy atom. The van der Waals surface area contributed by atoms with E-state index in [0.717, 1.165) is 13.0 Å². The maximum absolute atomic E-state index is 11.7. The molecule has 3 N–H and O–H groups in total. The molecule has 1 aliphatic heterocycles. The van der Waals surface area contributed by atoms with Gasteiger partial charge < -0.3 is 11.1 Å². The Balaban J connectivity index is 2.35. The van der Waals surface area contributed by atoms with Crippen molar-refractivity contribution in [3.8, 4) is 0 Å². The van der Waals surface area contributed by atoms with Gasteiger partial charge in [-0.25, -0.2) is 0 Å². The molecule has 1 heterocycles. The van der Waals surface area contributed by atoms with E-state index < -0.39 is 0 Å². The zero-order valence-electron chi connectivity index (χ0n) is 12.1. The quantitative estimate of drug-likeness (QED) is 0.722. The number of amides is 1. The summed E-state index contributed by atoms with van der Waals surface area (Å²) >= 11 is 0. The van der Waals surface area contributed by atoms with Gasteiger partial charge >= 0.3 is 0 Å². The number of hydrogen-bond donors (Lipinski definition) is 2. The lowest BCUT2D eigenvalue weighted by molar-refractivity contribution is -0.121. The van der Waals surface area contributed by atoms with Crippen LogP contribution in [0.4, 0.5) is 0 Å². The number of hydrogen-bond acceptors (Lipinski definition) is 3. The number of likely N-dealkylation sites (tertiary alicyclic amines) is 1. The van der Waals surface area contributed by atoms with Crippen molar-refractivity contribution in [2.24, 2.45) is 11.7 Å². The zero-order valence-corrected chi connectivity index (χ0v) is 12.1. The smallest absolute Gasteiger partial charge is 0.221 e. The van der Waals surface area contributed by atoms with Crippen molar-refractivity contribution in [2.75, 3.05) is 19.6 Å². The molecule has 0 aromatic heterocycles. The number of nitrogens with two attached hydrogens (primary N) is 1. The van der Waals surface area contributed by atoms with Gasteiger partial charge in [0.2, 0.25) is 5.91 Å². The zero-order chi connectivity index (χ0) is 13.5. The molecular formula is C14H29N3O. The summed E-state index contributed by atoms with van der Waals surface area (Å²) in [6.07, 6.45) is 3.88. The largest absolute Gasteiger partial charge is 0.354 e. The highest BCUT2D eigenvalue weighted by Crippen LogP contribution is 2.17. The fraction of sp³-hybridized carbons (Fsp3) is 0.929. The van der Waals surface area contributed by atoms with E-state index in [0.29, 0.717) is 18.4 Å². The molecule has 1 aliphatic rings. The van der Waals surface area contributed by atoms with Crippen molar-refractivity contribution < 1.29 is 4.79 Å². The SMILES string of the molecule is CCC(N)CC(=O)NCC(C(C)C)N1CCCC1. The predicted molar refractivity (Wildman–Crippen MR) is 75.3 cm³/mol. The number of carbonyl (C=O) groups excluding carboxylic acids is 1. The number of nitrogens with one attached hydrogen (secondary N) is 1. The summed E-state index contributed by atoms with van der Waals surface area (Å²) in [5, 5.41) is 3.05. The van der Waals surface area contributed by atoms with E-state index in [2.05, 4.69) is 24.1 Å². The summed E-state index contributed by atoms with van der Waals surface area (Å²) < 4.78 is 0. The number of nitrogens with zero attached hydrogens (tertiary/aromatic N) is 1. The van der Waals surface area contributed by atoms with Crippen molar-refractivity contribution >= 4 is 5.91 Å². The van der Waals surface area contributed by atoms with Crippen LogP contribution in [0.15, 0.2) is 0 Å². The van der Waals surface area contributed by atoms with Gasteiger partial charge in [-0.2, -0.15) is 0 Å². The van der Waals surface area contributed by atoms with Gasteiger partial charge in [0.05, 0.1) is 0 Å². The molecule has 4 nitrogen and oxygen atoms in total. The third-order valence-corrected chi connectivity index (χ3v) is 3.86. The maximum Gasteiger partial charge on any atom is 0.221 e. The first-order valence-corrected chi connectivity index (χ1v) is 7.31. The third kappa shape index (κ3) is 4.94. The average Bonchev–Trinajstić information content (AvgIpc) is 2.82. The Morgan fingerprint density at radius 1 is 1.33 bits per heavy atom. The topological polar surface area (TPSA) is 58.4 Å². The minimum Gasteiger partial charge on any atom is -0.354 e. The fourth-order valence-corrected chi connectivity index (χ4v) is 2.53. The van der Waals surface area contributed by atoms with Crippen LogP contribution in [-0.4, -0.2) is 42.5 Å². The lowest BCUT2D eigenvalue weighted by Crippen LogP contribution is -2.46. The molecule has 18 heavy (non-hydrogen) atoms. The highest BCUT2D eigenvalue weighted by atomic mass is 16.1. The van der Waals surface area contributed by atoms with Gasteiger partial charge in [0.25, 0.3) is 0 Å². The van der Waals surface area contributed by atoms with Crippen molar-refractivity contribution in [3.63, 3.8) is 0 Å². The second-order valence-electron chi connectivity index (χ2n) is 5.73. The lowest BCUT2D eigenvalue weighted by atomic mass is 10.0. The van der Waals surface area contributed by atoms with Crippen LogP contribution in [-0.2, 0) is 4.79 Å². The first-order valence-electron chi connectivity index (χ1n) is 7.31. The third-order valence-electron chi connectivity index (χ3n) is 3.86. The van der Waals surface area contributed by atoms with Crippen molar-refractivity contribution in [1.29, 1.82) is 0 Å². The summed E-state index contributed by atoms with van der Waals surface area (Å²) in [6, 6.07) is 0.462. The molecular weight excluding hydrogens is 226 g/mol. The second-order valence-corrected chi connectivity index (χ2v) is 5.73. The second kappa shape index (κ2) is 7.74. The van der Waals surface area contributed by atoms with E-state index >= 15 is 0 Å². The molecule has 1 saturated heterocycles. The van der Waals surface area contributed by atoms with Crippen LogP contribution in [0.25, 0.3) is 0 Å². The summed E-state index contributed by atoms with van der Waals surface area (Å²) in [4.78, 5) is 14.2. The molecule has 0 radical (unpaired) electrons. The highest BCUT2D eigenvalue weighted by molar-refractivity contribution is 5.76. The van der Waals surface area contributed by atoms with Crippen molar-refractivity contribution in [3.05, 3.63) is 0 Å². The van der Waals surface area contributed by atoms with Gasteiger partial charge in [0.1, 0.15) is 0 Å². The van der Waals surface area contributed by atoms with Crippen LogP contribution in [0.2, 0.25) is 0 Å². The molecule has 106 valence electrons. The van der Waals surface area contributed by atoms with E-state index in [-0.39, 0.29) is 11.9 Å². The van der Waals surface area contributed by atoms with E-state index in [4.69, 9.17) is 5.73 Å². The molecule has 1 amide bonds. The lowest BCUT2D eigenvalue weighted by Gasteiger charge is -2.31. The molecule has 1 fully saturated rings. The Hall–Kier alpha value is -0.610. The first kappa shape index (κ1) is 15.4. The minimum atomic E-state index is -0.00529. The monoisotopic (exact) mass is 255 g/mol. The normalized spacial score (nSPS) is 20.1. The summed E-state index contributed by atoms with van der Waals surface area (Å²) in [6.45, 7) is 9.58. The molecule has 0 aromatic carbocycles. The van der Waals surface area contributed by atoms with Gasteiger partial charge in [-0.3, -0.25) is 9.69 Å². The van der Waals surface area contributed by atoms with Gasteiger partial charge in [0, 0.05) is 25.0 Å². The van der Waals surface area contributed by atoms with Gasteiger partial charge in [-0.15, -0.1) is 0 Å². The van der Waals surface area contributed by atoms with E-state index in [1.165, 1.54) is 25.9 Å². The van der Waals surface area contributed by atoms with Crippen molar-refractivity contribution in [2.45, 2.75) is 58.5 Å². The van der Waals surface area contributed by atoms with Gasteiger partial charge in [-0.1, -0.05) is 20.8 Å². The van der Waals surface area contributed by atoms with E-state index in [9.17, 15) is 4.79 Å². The van der Waals surface area contributed by atoms with Crippen LogP contribution < -0.4 is 11.1 Å². The Bertz CT molecular complexity index is 249. The van der Waals surface area contributed by atoms with Crippen LogP contribution in [0.5, 0.6) is 0 Å². The predicted octanol–water partition coefficient (Wildman–Crippen LogP) is 1.35. The van der Waals surface area contributed by atoms with Crippen LogP contribution in [0, 0.1) is 5.92 Å². The van der Waals surface area contributed by atoms with Crippen LogP contribution >= 0.6 is 0 Å². The molecule has 0 aliphatic carbocycles. The maximum atomic E-state index is 11.7. The van der Waals surface area contributed by atoms with E-state index in [1.807, 2.05) is 6.92 Å². The van der Waals surface area contributed by atoms with Gasteiger partial charge in [-0.05, 0) is 38.3 Å². The van der Waals surface area contributed by atoms with Crippen LogP contribution in [0.3, 0.4) is 0 Å². The highest BCUT2D eigenvalue weighted by Gasteiger charge is 2.24. The molecule has 0 spiro atoms. The number of carbonyl (C=O) groups is 1. The Morgan fingerprint density at radius 2 is 1.94 bits per heavy atom. The minimum absolute atomic E-state index is 0.00529. The molecule has 0 aromatic rings. The summed E-state index contributed by atoms with van der Waals surface area (Å²) in [5.74, 6) is 0.664. The molecule has 2 unspecified atom stereocenters. The van der Waals surface area contributed by atoms with Crippen LogP contribution in [0.1, 0.15) is 46.5 Å². The Labute approximate surface area is 111 Å². The van der Waals surface area contributed by atoms with E-state index in [1.54, 1.807) is 0 Å². The summed E-state index contributed by atoms with van der Waals surface area (Å²) in [7, 11) is 0. The molecule has 0 bridgehead atoms. The molecule has 2 atom stereocenters. The molecule has 0 saturated carbocycles.